The van der Waals surface area contributed by atoms with E-state index in [9.17, 15) is 9.59 Å². The van der Waals surface area contributed by atoms with Crippen LogP contribution in [0.2, 0.25) is 0 Å². The van der Waals surface area contributed by atoms with Crippen molar-refractivity contribution in [2.24, 2.45) is 5.92 Å². The molecule has 1 fully saturated rings. The van der Waals surface area contributed by atoms with Gasteiger partial charge in [-0.1, -0.05) is 24.3 Å². The maximum Gasteiger partial charge on any atom is 0.305 e. The predicted molar refractivity (Wildman–Crippen MR) is 63.7 cm³/mol. The minimum Gasteiger partial charge on any atom is -0.469 e. The van der Waals surface area contributed by atoms with E-state index >= 15 is 0 Å². The first kappa shape index (κ1) is 11.8. The van der Waals surface area contributed by atoms with Crippen LogP contribution in [0.1, 0.15) is 29.9 Å². The zero-order chi connectivity index (χ0) is 12.3. The Bertz CT molecular complexity index is 425. The summed E-state index contributed by atoms with van der Waals surface area (Å²) < 4.78 is 4.61. The Kier molecular flexibility index (Phi) is 3.57. The molecule has 1 aliphatic carbocycles. The minimum atomic E-state index is -0.187. The molecule has 0 radical (unpaired) electrons. The molecule has 0 bridgehead atoms. The number of carbonyl (C=O) groups excluding carboxylic acids is 2. The molecule has 3 heteroatoms. The van der Waals surface area contributed by atoms with Gasteiger partial charge in [0.25, 0.3) is 0 Å². The molecule has 1 aromatic carbocycles. The van der Waals surface area contributed by atoms with Crippen molar-refractivity contribution in [3.63, 3.8) is 0 Å². The van der Waals surface area contributed by atoms with Gasteiger partial charge < -0.3 is 9.53 Å². The average Bonchev–Trinajstić information content (AvgIpc) is 3.15. The third-order valence-corrected chi connectivity index (χ3v) is 3.24. The second kappa shape index (κ2) is 5.13. The van der Waals surface area contributed by atoms with Crippen LogP contribution in [0.15, 0.2) is 24.3 Å². The van der Waals surface area contributed by atoms with Gasteiger partial charge in [0.05, 0.1) is 7.11 Å². The lowest BCUT2D eigenvalue weighted by molar-refractivity contribution is -0.140. The maximum absolute atomic E-state index is 11.0. The number of hydrogen-bond donors (Lipinski definition) is 0. The van der Waals surface area contributed by atoms with Crippen molar-refractivity contribution < 1.29 is 14.3 Å². The standard InChI is InChI=1S/C14H16O3/c1-17-14(16)6-5-10-3-2-4-11(7-10)13-8-12(13)9-15/h2-4,7,9,12-13H,5-6,8H2,1H3. The summed E-state index contributed by atoms with van der Waals surface area (Å²) in [5.74, 6) is 0.407. The van der Waals surface area contributed by atoms with Gasteiger partial charge in [0.1, 0.15) is 6.29 Å². The van der Waals surface area contributed by atoms with Gasteiger partial charge in [-0.3, -0.25) is 4.79 Å². The van der Waals surface area contributed by atoms with Crippen molar-refractivity contribution in [1.29, 1.82) is 0 Å². The molecule has 0 amide bonds. The normalized spacial score (nSPS) is 21.9. The van der Waals surface area contributed by atoms with Crippen LogP contribution in [0, 0.1) is 5.92 Å². The first-order valence-electron chi connectivity index (χ1n) is 5.85. The molecule has 17 heavy (non-hydrogen) atoms. The first-order chi connectivity index (χ1) is 8.24. The van der Waals surface area contributed by atoms with Crippen molar-refractivity contribution in [2.45, 2.75) is 25.2 Å². The predicted octanol–water partition coefficient (Wildman–Crippen LogP) is 2.09. The van der Waals surface area contributed by atoms with E-state index in [1.807, 2.05) is 12.1 Å². The van der Waals surface area contributed by atoms with Crippen LogP contribution in [0.4, 0.5) is 0 Å². The Balaban J connectivity index is 1.97. The molecule has 2 rings (SSSR count). The SMILES string of the molecule is COC(=O)CCc1cccc(C2CC2C=O)c1. The van der Waals surface area contributed by atoms with Crippen molar-refractivity contribution in [1.82, 2.24) is 0 Å². The summed E-state index contributed by atoms with van der Waals surface area (Å²) in [4.78, 5) is 21.7. The van der Waals surface area contributed by atoms with Crippen LogP contribution in [0.25, 0.3) is 0 Å². The Morgan fingerprint density at radius 3 is 3.00 bits per heavy atom. The second-order valence-electron chi connectivity index (χ2n) is 4.46. The van der Waals surface area contributed by atoms with E-state index in [4.69, 9.17) is 0 Å². The summed E-state index contributed by atoms with van der Waals surface area (Å²) in [7, 11) is 1.40. The highest BCUT2D eigenvalue weighted by atomic mass is 16.5. The highest BCUT2D eigenvalue weighted by Crippen LogP contribution is 2.45. The first-order valence-corrected chi connectivity index (χ1v) is 5.85. The number of carbonyl (C=O) groups is 2. The van der Waals surface area contributed by atoms with Crippen LogP contribution in [0.5, 0.6) is 0 Å². The largest absolute Gasteiger partial charge is 0.469 e. The number of ether oxygens (including phenoxy) is 1. The minimum absolute atomic E-state index is 0.187. The monoisotopic (exact) mass is 232 g/mol. The highest BCUT2D eigenvalue weighted by molar-refractivity contribution is 5.69. The van der Waals surface area contributed by atoms with Gasteiger partial charge in [0.2, 0.25) is 0 Å². The van der Waals surface area contributed by atoms with Gasteiger partial charge in [-0.25, -0.2) is 0 Å². The fourth-order valence-corrected chi connectivity index (χ4v) is 2.08. The Morgan fingerprint density at radius 2 is 2.35 bits per heavy atom. The van der Waals surface area contributed by atoms with E-state index in [0.29, 0.717) is 18.8 Å². The summed E-state index contributed by atoms with van der Waals surface area (Å²) in [5, 5.41) is 0. The van der Waals surface area contributed by atoms with E-state index in [1.165, 1.54) is 12.7 Å². The molecule has 2 unspecified atom stereocenters. The van der Waals surface area contributed by atoms with E-state index in [-0.39, 0.29) is 11.9 Å². The zero-order valence-corrected chi connectivity index (χ0v) is 9.89. The van der Waals surface area contributed by atoms with Crippen LogP contribution in [-0.4, -0.2) is 19.4 Å². The van der Waals surface area contributed by atoms with Crippen LogP contribution < -0.4 is 0 Å². The fraction of sp³-hybridized carbons (Fsp3) is 0.429. The van der Waals surface area contributed by atoms with Gasteiger partial charge in [-0.2, -0.15) is 0 Å². The molecule has 2 atom stereocenters. The van der Waals surface area contributed by atoms with Crippen LogP contribution in [-0.2, 0) is 20.7 Å². The van der Waals surface area contributed by atoms with Gasteiger partial charge in [0.15, 0.2) is 0 Å². The summed E-state index contributed by atoms with van der Waals surface area (Å²) in [6.45, 7) is 0. The van der Waals surface area contributed by atoms with Crippen molar-refractivity contribution in [3.8, 4) is 0 Å². The Morgan fingerprint density at radius 1 is 1.53 bits per heavy atom. The number of esters is 1. The third kappa shape index (κ3) is 2.93. The van der Waals surface area contributed by atoms with Gasteiger partial charge in [-0.15, -0.1) is 0 Å². The van der Waals surface area contributed by atoms with Gasteiger partial charge >= 0.3 is 5.97 Å². The van der Waals surface area contributed by atoms with E-state index in [2.05, 4.69) is 16.9 Å². The van der Waals surface area contributed by atoms with Gasteiger partial charge in [0, 0.05) is 12.3 Å². The Hall–Kier alpha value is -1.64. The maximum atomic E-state index is 11.0. The zero-order valence-electron chi connectivity index (χ0n) is 9.89. The average molecular weight is 232 g/mol. The molecule has 0 saturated heterocycles. The lowest BCUT2D eigenvalue weighted by Crippen LogP contribution is -2.02. The Labute approximate surface area is 101 Å². The molecular weight excluding hydrogens is 216 g/mol. The van der Waals surface area contributed by atoms with Gasteiger partial charge in [-0.05, 0) is 29.9 Å². The molecule has 90 valence electrons. The molecule has 0 aliphatic heterocycles. The number of benzene rings is 1. The van der Waals surface area contributed by atoms with Crippen molar-refractivity contribution in [2.75, 3.05) is 7.11 Å². The summed E-state index contributed by atoms with van der Waals surface area (Å²) in [6, 6.07) is 8.14. The lowest BCUT2D eigenvalue weighted by atomic mass is 10.0. The highest BCUT2D eigenvalue weighted by Gasteiger charge is 2.37. The van der Waals surface area contributed by atoms with Crippen molar-refractivity contribution in [3.05, 3.63) is 35.4 Å². The van der Waals surface area contributed by atoms with Crippen LogP contribution >= 0.6 is 0 Å². The molecule has 1 saturated carbocycles. The third-order valence-electron chi connectivity index (χ3n) is 3.24. The van der Waals surface area contributed by atoms with E-state index in [0.717, 1.165) is 18.3 Å². The molecular formula is C14H16O3. The number of methoxy groups -OCH3 is 1. The molecule has 0 aromatic heterocycles. The number of aldehydes is 1. The molecule has 0 heterocycles. The van der Waals surface area contributed by atoms with E-state index < -0.39 is 0 Å². The van der Waals surface area contributed by atoms with Crippen molar-refractivity contribution >= 4 is 12.3 Å². The smallest absolute Gasteiger partial charge is 0.305 e. The summed E-state index contributed by atoms with van der Waals surface area (Å²) in [5.41, 5.74) is 2.34. The topological polar surface area (TPSA) is 43.4 Å². The number of hydrogen-bond acceptors (Lipinski definition) is 3. The molecule has 3 nitrogen and oxygen atoms in total. The van der Waals surface area contributed by atoms with Crippen LogP contribution in [0.3, 0.4) is 0 Å². The molecule has 0 spiro atoms. The molecule has 1 aliphatic rings. The summed E-state index contributed by atoms with van der Waals surface area (Å²) in [6.07, 6.45) is 3.09. The molecule has 0 N–H and O–H groups in total. The summed E-state index contributed by atoms with van der Waals surface area (Å²) >= 11 is 0. The molecule has 1 aromatic rings. The number of rotatable bonds is 5. The lowest BCUT2D eigenvalue weighted by Gasteiger charge is -2.04. The fourth-order valence-electron chi connectivity index (χ4n) is 2.08. The second-order valence-corrected chi connectivity index (χ2v) is 4.46. The number of aryl methyl sites for hydroxylation is 1. The van der Waals surface area contributed by atoms with E-state index in [1.54, 1.807) is 0 Å². The quantitative estimate of drug-likeness (QED) is 0.576.